The molecule has 8 heteroatoms. The van der Waals surface area contributed by atoms with Gasteiger partial charge >= 0.3 is 0 Å². The van der Waals surface area contributed by atoms with Crippen LogP contribution in [0.1, 0.15) is 16.1 Å². The maximum absolute atomic E-state index is 12.2. The fourth-order valence-electron chi connectivity index (χ4n) is 2.40. The van der Waals surface area contributed by atoms with Gasteiger partial charge in [0.1, 0.15) is 35.2 Å². The molecule has 0 saturated carbocycles. The van der Waals surface area contributed by atoms with Gasteiger partial charge in [0.2, 0.25) is 0 Å². The molecule has 3 rings (SSSR count). The molecule has 7 nitrogen and oxygen atoms in total. The van der Waals surface area contributed by atoms with E-state index < -0.39 is 12.6 Å². The minimum atomic E-state index is -0.705. The molecule has 0 spiro atoms. The summed E-state index contributed by atoms with van der Waals surface area (Å²) in [5, 5.41) is 26.0. The Balaban J connectivity index is 1.96. The fourth-order valence-corrected chi connectivity index (χ4v) is 2.40. The van der Waals surface area contributed by atoms with E-state index in [-0.39, 0.29) is 40.8 Å². The standard InChI is InChI=1S/C19H17FN2O5/c1-11-2-4-13(5-3-11)26-16-9-12(23)8-15(24)18(16)17-10-14(22-27-17)19(25)21-7-6-20/h2-5,8-10,23-24H,6-7H2,1H3,(H,21,25). The summed E-state index contributed by atoms with van der Waals surface area (Å²) < 4.78 is 23.1. The highest BCUT2D eigenvalue weighted by atomic mass is 19.1. The van der Waals surface area contributed by atoms with Crippen LogP contribution in [0.4, 0.5) is 4.39 Å². The van der Waals surface area contributed by atoms with Crippen LogP contribution in [0, 0.1) is 6.92 Å². The van der Waals surface area contributed by atoms with Gasteiger partial charge in [0, 0.05) is 24.7 Å². The summed E-state index contributed by atoms with van der Waals surface area (Å²) in [4.78, 5) is 11.9. The van der Waals surface area contributed by atoms with Gasteiger partial charge in [0.05, 0.1) is 0 Å². The number of hydrogen-bond donors (Lipinski definition) is 3. The SMILES string of the molecule is Cc1ccc(Oc2cc(O)cc(O)c2-c2cc(C(=O)NCCF)no2)cc1. The van der Waals surface area contributed by atoms with Gasteiger partial charge in [-0.3, -0.25) is 4.79 Å². The second-order valence-electron chi connectivity index (χ2n) is 5.77. The molecule has 1 amide bonds. The summed E-state index contributed by atoms with van der Waals surface area (Å²) in [7, 11) is 0. The van der Waals surface area contributed by atoms with Crippen molar-refractivity contribution in [1.29, 1.82) is 0 Å². The van der Waals surface area contributed by atoms with E-state index in [4.69, 9.17) is 9.26 Å². The van der Waals surface area contributed by atoms with Gasteiger partial charge in [-0.2, -0.15) is 0 Å². The van der Waals surface area contributed by atoms with E-state index >= 15 is 0 Å². The monoisotopic (exact) mass is 372 g/mol. The average molecular weight is 372 g/mol. The summed E-state index contributed by atoms with van der Waals surface area (Å²) in [6.07, 6.45) is 0. The van der Waals surface area contributed by atoms with Gasteiger partial charge in [-0.05, 0) is 19.1 Å². The number of aromatic nitrogens is 1. The number of amides is 1. The number of hydrogen-bond acceptors (Lipinski definition) is 6. The Morgan fingerprint density at radius 2 is 1.96 bits per heavy atom. The highest BCUT2D eigenvalue weighted by Crippen LogP contribution is 2.43. The van der Waals surface area contributed by atoms with Crippen molar-refractivity contribution < 1.29 is 28.7 Å². The van der Waals surface area contributed by atoms with Crippen molar-refractivity contribution >= 4 is 5.91 Å². The molecule has 0 aliphatic carbocycles. The van der Waals surface area contributed by atoms with E-state index in [0.29, 0.717) is 5.75 Å². The number of nitrogens with one attached hydrogen (secondary N) is 1. The molecule has 1 heterocycles. The summed E-state index contributed by atoms with van der Waals surface area (Å²) in [5.74, 6) is -0.486. The van der Waals surface area contributed by atoms with Crippen LogP contribution in [0.15, 0.2) is 47.0 Å². The summed E-state index contributed by atoms with van der Waals surface area (Å²) in [6, 6.07) is 10.9. The third-order valence-corrected chi connectivity index (χ3v) is 3.68. The van der Waals surface area contributed by atoms with Gasteiger partial charge < -0.3 is 24.8 Å². The van der Waals surface area contributed by atoms with E-state index in [9.17, 15) is 19.4 Å². The number of nitrogens with zero attached hydrogens (tertiary/aromatic N) is 1. The summed E-state index contributed by atoms with van der Waals surface area (Å²) in [6.45, 7) is 1.08. The number of halogens is 1. The van der Waals surface area contributed by atoms with Crippen molar-refractivity contribution in [2.24, 2.45) is 0 Å². The van der Waals surface area contributed by atoms with Gasteiger partial charge in [-0.1, -0.05) is 22.9 Å². The Morgan fingerprint density at radius 3 is 2.67 bits per heavy atom. The number of carbonyl (C=O) groups excluding carboxylic acids is 1. The normalized spacial score (nSPS) is 10.6. The van der Waals surface area contributed by atoms with E-state index in [1.807, 2.05) is 19.1 Å². The Labute approximate surface area is 154 Å². The Morgan fingerprint density at radius 1 is 1.22 bits per heavy atom. The molecule has 0 atom stereocenters. The molecule has 0 saturated heterocycles. The van der Waals surface area contributed by atoms with Crippen molar-refractivity contribution in [3.63, 3.8) is 0 Å². The molecule has 0 bridgehead atoms. The zero-order chi connectivity index (χ0) is 19.4. The maximum atomic E-state index is 12.2. The lowest BCUT2D eigenvalue weighted by Crippen LogP contribution is -2.25. The molecule has 27 heavy (non-hydrogen) atoms. The third-order valence-electron chi connectivity index (χ3n) is 3.68. The predicted molar refractivity (Wildman–Crippen MR) is 94.8 cm³/mol. The number of benzene rings is 2. The zero-order valence-electron chi connectivity index (χ0n) is 14.4. The first-order valence-corrected chi connectivity index (χ1v) is 8.09. The molecule has 3 N–H and O–H groups in total. The number of rotatable bonds is 6. The molecular weight excluding hydrogens is 355 g/mol. The molecule has 0 aliphatic heterocycles. The molecule has 0 radical (unpaired) electrons. The Kier molecular flexibility index (Phi) is 5.25. The molecule has 3 aromatic rings. The van der Waals surface area contributed by atoms with Gasteiger partial charge in [-0.15, -0.1) is 0 Å². The second-order valence-corrected chi connectivity index (χ2v) is 5.77. The quantitative estimate of drug-likeness (QED) is 0.611. The van der Waals surface area contributed by atoms with Gasteiger partial charge in [0.15, 0.2) is 11.5 Å². The number of carbonyl (C=O) groups is 1. The van der Waals surface area contributed by atoms with Crippen molar-refractivity contribution in [2.75, 3.05) is 13.2 Å². The van der Waals surface area contributed by atoms with E-state index in [1.54, 1.807) is 12.1 Å². The number of ether oxygens (including phenoxy) is 1. The van der Waals surface area contributed by atoms with Crippen LogP contribution in [-0.2, 0) is 0 Å². The van der Waals surface area contributed by atoms with E-state index in [0.717, 1.165) is 11.6 Å². The molecule has 0 fully saturated rings. The first-order valence-electron chi connectivity index (χ1n) is 8.09. The smallest absolute Gasteiger partial charge is 0.273 e. The zero-order valence-corrected chi connectivity index (χ0v) is 14.4. The number of phenolic OH excluding ortho intramolecular Hbond substituents is 2. The van der Waals surface area contributed by atoms with Crippen molar-refractivity contribution in [3.8, 4) is 34.3 Å². The lowest BCUT2D eigenvalue weighted by Gasteiger charge is -2.11. The van der Waals surface area contributed by atoms with Crippen molar-refractivity contribution in [1.82, 2.24) is 10.5 Å². The third kappa shape index (κ3) is 4.17. The highest BCUT2D eigenvalue weighted by Gasteiger charge is 2.21. The molecular formula is C19H17FN2O5. The first kappa shape index (κ1) is 18.2. The topological polar surface area (TPSA) is 105 Å². The largest absolute Gasteiger partial charge is 0.508 e. The number of phenols is 2. The lowest BCUT2D eigenvalue weighted by atomic mass is 10.1. The van der Waals surface area contributed by atoms with Crippen LogP contribution in [-0.4, -0.2) is 34.5 Å². The van der Waals surface area contributed by atoms with Crippen molar-refractivity contribution in [2.45, 2.75) is 6.92 Å². The molecule has 1 aromatic heterocycles. The van der Waals surface area contributed by atoms with Crippen molar-refractivity contribution in [3.05, 3.63) is 53.7 Å². The van der Waals surface area contributed by atoms with Crippen LogP contribution < -0.4 is 10.1 Å². The van der Waals surface area contributed by atoms with Crippen LogP contribution in [0.5, 0.6) is 23.0 Å². The Hall–Kier alpha value is -3.55. The minimum absolute atomic E-state index is 0.0556. The first-order chi connectivity index (χ1) is 13.0. The predicted octanol–water partition coefficient (Wildman–Crippen LogP) is 3.55. The highest BCUT2D eigenvalue weighted by molar-refractivity contribution is 5.93. The van der Waals surface area contributed by atoms with Crippen LogP contribution in [0.25, 0.3) is 11.3 Å². The molecule has 0 aliphatic rings. The maximum Gasteiger partial charge on any atom is 0.273 e. The van der Waals surface area contributed by atoms with Crippen LogP contribution >= 0.6 is 0 Å². The van der Waals surface area contributed by atoms with Gasteiger partial charge in [0.25, 0.3) is 5.91 Å². The molecule has 0 unspecified atom stereocenters. The molecule has 2 aromatic carbocycles. The van der Waals surface area contributed by atoms with E-state index in [2.05, 4.69) is 10.5 Å². The second kappa shape index (κ2) is 7.77. The van der Waals surface area contributed by atoms with E-state index in [1.165, 1.54) is 12.1 Å². The summed E-state index contributed by atoms with van der Waals surface area (Å²) >= 11 is 0. The van der Waals surface area contributed by atoms with Gasteiger partial charge in [-0.25, -0.2) is 4.39 Å². The lowest BCUT2D eigenvalue weighted by molar-refractivity contribution is 0.0942. The van der Waals surface area contributed by atoms with Crippen LogP contribution in [0.3, 0.4) is 0 Å². The number of aromatic hydroxyl groups is 2. The molecule has 140 valence electrons. The average Bonchev–Trinajstić information content (AvgIpc) is 3.11. The summed E-state index contributed by atoms with van der Waals surface area (Å²) in [5.41, 5.74) is 1.08. The number of alkyl halides is 1. The van der Waals surface area contributed by atoms with Crippen LogP contribution in [0.2, 0.25) is 0 Å². The minimum Gasteiger partial charge on any atom is -0.508 e. The Bertz CT molecular complexity index is 953. The number of aryl methyl sites for hydroxylation is 1. The fraction of sp³-hybridized carbons (Fsp3) is 0.158.